The van der Waals surface area contributed by atoms with Crippen molar-refractivity contribution in [1.82, 2.24) is 14.5 Å². The molecule has 3 heterocycles. The molecule has 0 bridgehead atoms. The molecular weight excluding hydrogens is 370 g/mol. The molecule has 0 saturated carbocycles. The van der Waals surface area contributed by atoms with Gasteiger partial charge in [0.2, 0.25) is 0 Å². The van der Waals surface area contributed by atoms with E-state index in [1.807, 2.05) is 12.1 Å². The van der Waals surface area contributed by atoms with E-state index in [9.17, 15) is 5.11 Å². The molecule has 1 saturated heterocycles. The van der Waals surface area contributed by atoms with E-state index >= 15 is 0 Å². The predicted molar refractivity (Wildman–Crippen MR) is 123 cm³/mol. The molecule has 2 aromatic carbocycles. The van der Waals surface area contributed by atoms with Crippen LogP contribution < -0.4 is 0 Å². The van der Waals surface area contributed by atoms with Crippen molar-refractivity contribution >= 4 is 27.8 Å². The van der Waals surface area contributed by atoms with Crippen molar-refractivity contribution in [3.63, 3.8) is 0 Å². The lowest BCUT2D eigenvalue weighted by molar-refractivity contribution is 0.282. The molecule has 1 N–H and O–H groups in total. The fraction of sp³-hybridized carbons (Fsp3) is 0.269. The zero-order chi connectivity index (χ0) is 20.5. The second-order valence-electron chi connectivity index (χ2n) is 8.29. The van der Waals surface area contributed by atoms with Gasteiger partial charge >= 0.3 is 0 Å². The molecule has 0 unspecified atom stereocenters. The Morgan fingerprint density at radius 1 is 0.967 bits per heavy atom. The van der Waals surface area contributed by atoms with Crippen molar-refractivity contribution in [3.8, 4) is 0 Å². The summed E-state index contributed by atoms with van der Waals surface area (Å²) in [7, 11) is 2.10. The first-order chi connectivity index (χ1) is 14.7. The molecule has 0 radical (unpaired) electrons. The Kier molecular flexibility index (Phi) is 5.01. The topological polar surface area (TPSA) is 41.3 Å². The third kappa shape index (κ3) is 3.59. The van der Waals surface area contributed by atoms with E-state index in [0.29, 0.717) is 5.92 Å². The molecule has 0 aliphatic carbocycles. The van der Waals surface area contributed by atoms with Gasteiger partial charge in [0.1, 0.15) is 0 Å². The molecule has 2 aromatic heterocycles. The predicted octanol–water partition coefficient (Wildman–Crippen LogP) is 5.07. The molecule has 30 heavy (non-hydrogen) atoms. The molecule has 152 valence electrons. The fourth-order valence-corrected chi connectivity index (χ4v) is 4.55. The average Bonchev–Trinajstić information content (AvgIpc) is 3.19. The van der Waals surface area contributed by atoms with E-state index in [4.69, 9.17) is 4.98 Å². The molecule has 4 nitrogen and oxygen atoms in total. The minimum Gasteiger partial charge on any atom is -0.392 e. The van der Waals surface area contributed by atoms with Crippen LogP contribution in [0.1, 0.15) is 35.6 Å². The zero-order valence-electron chi connectivity index (χ0n) is 17.3. The maximum Gasteiger partial charge on any atom is 0.0712 e. The summed E-state index contributed by atoms with van der Waals surface area (Å²) >= 11 is 0. The van der Waals surface area contributed by atoms with Crippen LogP contribution in [0.5, 0.6) is 0 Å². The van der Waals surface area contributed by atoms with Gasteiger partial charge in [0.15, 0.2) is 0 Å². The molecule has 0 amide bonds. The minimum absolute atomic E-state index is 0.0923. The lowest BCUT2D eigenvalue weighted by atomic mass is 9.90. The second-order valence-corrected chi connectivity index (χ2v) is 8.29. The Balaban J connectivity index is 1.34. The van der Waals surface area contributed by atoms with Gasteiger partial charge in [0.05, 0.1) is 17.8 Å². The minimum atomic E-state index is 0.0923. The van der Waals surface area contributed by atoms with Crippen LogP contribution in [-0.2, 0) is 13.7 Å². The fourth-order valence-electron chi connectivity index (χ4n) is 4.55. The highest BCUT2D eigenvalue weighted by molar-refractivity contribution is 6.06. The Bertz CT molecular complexity index is 1200. The average molecular weight is 398 g/mol. The lowest BCUT2D eigenvalue weighted by Gasteiger charge is -2.31. The number of likely N-dealkylation sites (tertiary alicyclic amines) is 1. The first-order valence-electron chi connectivity index (χ1n) is 10.7. The Labute approximate surface area is 177 Å². The van der Waals surface area contributed by atoms with Gasteiger partial charge in [0.25, 0.3) is 0 Å². The van der Waals surface area contributed by atoms with Gasteiger partial charge in [-0.05, 0) is 42.3 Å². The van der Waals surface area contributed by atoms with Gasteiger partial charge in [-0.25, -0.2) is 0 Å². The van der Waals surface area contributed by atoms with Gasteiger partial charge in [-0.3, -0.25) is 4.98 Å². The molecule has 5 rings (SSSR count). The quantitative estimate of drug-likeness (QED) is 0.523. The standard InChI is InChI=1S/C26H27N3O/c1-28-16-23-22-4-2-3-5-25(22)27-26(24(23)17-28)21-11-14-29(15-12-21)13-10-19-6-8-20(18-30)9-7-19/h2-10,13,16-17,21,30H,11-12,14-15,18H2,1H3. The largest absolute Gasteiger partial charge is 0.392 e. The summed E-state index contributed by atoms with van der Waals surface area (Å²) in [5.41, 5.74) is 4.46. The number of aromatic nitrogens is 2. The van der Waals surface area contributed by atoms with Crippen LogP contribution in [0.25, 0.3) is 27.8 Å². The van der Waals surface area contributed by atoms with Crippen LogP contribution in [0.3, 0.4) is 0 Å². The smallest absolute Gasteiger partial charge is 0.0712 e. The first kappa shape index (κ1) is 18.9. The summed E-state index contributed by atoms with van der Waals surface area (Å²) in [4.78, 5) is 7.51. The van der Waals surface area contributed by atoms with Gasteiger partial charge in [0, 0.05) is 54.6 Å². The molecule has 4 heteroatoms. The number of para-hydroxylation sites is 1. The normalized spacial score (nSPS) is 15.6. The molecule has 4 aromatic rings. The van der Waals surface area contributed by atoms with Crippen molar-refractivity contribution < 1.29 is 5.11 Å². The molecule has 0 atom stereocenters. The number of piperidine rings is 1. The Morgan fingerprint density at radius 3 is 2.47 bits per heavy atom. The zero-order valence-corrected chi connectivity index (χ0v) is 17.3. The summed E-state index contributed by atoms with van der Waals surface area (Å²) in [6.45, 7) is 2.17. The van der Waals surface area contributed by atoms with E-state index in [1.54, 1.807) is 0 Å². The van der Waals surface area contributed by atoms with Crippen LogP contribution in [-0.4, -0.2) is 32.6 Å². The summed E-state index contributed by atoms with van der Waals surface area (Å²) < 4.78 is 2.15. The first-order valence-corrected chi connectivity index (χ1v) is 10.7. The number of pyridine rings is 1. The van der Waals surface area contributed by atoms with Gasteiger partial charge in [-0.2, -0.15) is 0 Å². The summed E-state index contributed by atoms with van der Waals surface area (Å²) in [6.07, 6.45) is 11.0. The highest BCUT2D eigenvalue weighted by Crippen LogP contribution is 2.35. The van der Waals surface area contributed by atoms with Gasteiger partial charge in [-0.1, -0.05) is 42.5 Å². The van der Waals surface area contributed by atoms with Crippen LogP contribution in [0, 0.1) is 0 Å². The number of fused-ring (bicyclic) bond motifs is 3. The van der Waals surface area contributed by atoms with E-state index in [0.717, 1.165) is 42.6 Å². The number of aliphatic hydroxyl groups excluding tert-OH is 1. The third-order valence-corrected chi connectivity index (χ3v) is 6.22. The SMILES string of the molecule is Cn1cc2c(C3CCN(C=Cc4ccc(CO)cc4)CC3)nc3ccccc3c2c1. The van der Waals surface area contributed by atoms with Crippen molar-refractivity contribution in [2.45, 2.75) is 25.4 Å². The van der Waals surface area contributed by atoms with E-state index in [-0.39, 0.29) is 6.61 Å². The summed E-state index contributed by atoms with van der Waals surface area (Å²) in [6, 6.07) is 16.5. The summed E-state index contributed by atoms with van der Waals surface area (Å²) in [5.74, 6) is 0.494. The maximum absolute atomic E-state index is 9.17. The monoisotopic (exact) mass is 397 g/mol. The molecule has 1 aliphatic heterocycles. The Morgan fingerprint density at radius 2 is 1.70 bits per heavy atom. The van der Waals surface area contributed by atoms with Crippen molar-refractivity contribution in [1.29, 1.82) is 0 Å². The van der Waals surface area contributed by atoms with Gasteiger partial charge < -0.3 is 14.6 Å². The number of hydrogen-bond donors (Lipinski definition) is 1. The van der Waals surface area contributed by atoms with Crippen molar-refractivity contribution in [2.75, 3.05) is 13.1 Å². The van der Waals surface area contributed by atoms with Crippen LogP contribution >= 0.6 is 0 Å². The number of rotatable bonds is 4. The lowest BCUT2D eigenvalue weighted by Crippen LogP contribution is -2.28. The number of nitrogens with zero attached hydrogens (tertiary/aromatic N) is 3. The van der Waals surface area contributed by atoms with Crippen LogP contribution in [0.2, 0.25) is 0 Å². The summed E-state index contributed by atoms with van der Waals surface area (Å²) in [5, 5.41) is 13.0. The molecule has 0 spiro atoms. The number of aryl methyl sites for hydroxylation is 1. The van der Waals surface area contributed by atoms with Crippen LogP contribution in [0.4, 0.5) is 0 Å². The number of benzene rings is 2. The van der Waals surface area contributed by atoms with Crippen molar-refractivity contribution in [2.24, 2.45) is 7.05 Å². The molecule has 1 fully saturated rings. The second kappa shape index (κ2) is 7.96. The van der Waals surface area contributed by atoms with E-state index in [1.165, 1.54) is 21.9 Å². The number of hydrogen-bond acceptors (Lipinski definition) is 3. The van der Waals surface area contributed by atoms with Crippen LogP contribution in [0.15, 0.2) is 67.1 Å². The van der Waals surface area contributed by atoms with E-state index in [2.05, 4.69) is 77.6 Å². The highest BCUT2D eigenvalue weighted by Gasteiger charge is 2.23. The molecular formula is C26H27N3O. The van der Waals surface area contributed by atoms with E-state index < -0.39 is 0 Å². The maximum atomic E-state index is 9.17. The number of aliphatic hydroxyl groups is 1. The third-order valence-electron chi connectivity index (χ3n) is 6.22. The van der Waals surface area contributed by atoms with Crippen molar-refractivity contribution in [3.05, 3.63) is 83.9 Å². The molecule has 1 aliphatic rings. The van der Waals surface area contributed by atoms with Gasteiger partial charge in [-0.15, -0.1) is 0 Å². The Hall–Kier alpha value is -3.11. The highest BCUT2D eigenvalue weighted by atomic mass is 16.3.